The highest BCUT2D eigenvalue weighted by Gasteiger charge is 2.18. The molecule has 2 N–H and O–H groups in total. The summed E-state index contributed by atoms with van der Waals surface area (Å²) in [5.74, 6) is 0.723. The molecule has 0 bridgehead atoms. The Balaban J connectivity index is 0.00000288. The molecule has 0 radical (unpaired) electrons. The van der Waals surface area contributed by atoms with Crippen LogP contribution in [0, 0.1) is 0 Å². The molecule has 24 heavy (non-hydrogen) atoms. The van der Waals surface area contributed by atoms with Crippen LogP contribution in [-0.4, -0.2) is 56.7 Å². The van der Waals surface area contributed by atoms with E-state index in [0.29, 0.717) is 6.54 Å². The SMILES string of the molecule is CC(C)(C)c1ccccc1OCC(=O)NCCN1CCNCC1.Cl. The van der Waals surface area contributed by atoms with Crippen molar-refractivity contribution in [1.82, 2.24) is 15.5 Å². The number of nitrogens with one attached hydrogen (secondary N) is 2. The minimum absolute atomic E-state index is 0. The highest BCUT2D eigenvalue weighted by atomic mass is 35.5. The van der Waals surface area contributed by atoms with Crippen molar-refractivity contribution in [1.29, 1.82) is 0 Å². The van der Waals surface area contributed by atoms with E-state index in [4.69, 9.17) is 4.74 Å². The molecule has 1 aliphatic heterocycles. The normalized spacial score (nSPS) is 15.5. The van der Waals surface area contributed by atoms with Gasteiger partial charge in [-0.1, -0.05) is 39.0 Å². The Hall–Kier alpha value is -1.30. The van der Waals surface area contributed by atoms with Gasteiger partial charge in [0.1, 0.15) is 5.75 Å². The number of carbonyl (C=O) groups is 1. The minimum atomic E-state index is -0.0659. The van der Waals surface area contributed by atoms with Crippen LogP contribution in [0.15, 0.2) is 24.3 Å². The first kappa shape index (κ1) is 20.7. The minimum Gasteiger partial charge on any atom is -0.483 e. The van der Waals surface area contributed by atoms with Gasteiger partial charge >= 0.3 is 0 Å². The van der Waals surface area contributed by atoms with Crippen LogP contribution >= 0.6 is 12.4 Å². The predicted octanol–water partition coefficient (Wildman–Crippen LogP) is 1.81. The second-order valence-corrected chi connectivity index (χ2v) is 6.98. The fourth-order valence-electron chi connectivity index (χ4n) is 2.69. The molecule has 1 aromatic carbocycles. The molecule has 1 aliphatic rings. The summed E-state index contributed by atoms with van der Waals surface area (Å²) in [5, 5.41) is 6.25. The quantitative estimate of drug-likeness (QED) is 0.817. The van der Waals surface area contributed by atoms with Gasteiger partial charge in [-0.05, 0) is 17.0 Å². The average Bonchev–Trinajstić information content (AvgIpc) is 2.53. The van der Waals surface area contributed by atoms with Crippen molar-refractivity contribution in [2.45, 2.75) is 26.2 Å². The molecule has 0 aromatic heterocycles. The van der Waals surface area contributed by atoms with E-state index < -0.39 is 0 Å². The van der Waals surface area contributed by atoms with Crippen LogP contribution in [0.25, 0.3) is 0 Å². The smallest absolute Gasteiger partial charge is 0.257 e. The Morgan fingerprint density at radius 1 is 1.25 bits per heavy atom. The standard InChI is InChI=1S/C18H29N3O2.ClH/c1-18(2,3)15-6-4-5-7-16(15)23-14-17(22)20-10-13-21-11-8-19-9-12-21;/h4-7,19H,8-14H2,1-3H3,(H,20,22);1H. The predicted molar refractivity (Wildman–Crippen MR) is 100 cm³/mol. The third-order valence-corrected chi connectivity index (χ3v) is 4.01. The van der Waals surface area contributed by atoms with Gasteiger partial charge in [-0.3, -0.25) is 9.69 Å². The maximum atomic E-state index is 12.0. The molecule has 0 aliphatic carbocycles. The monoisotopic (exact) mass is 355 g/mol. The first-order valence-corrected chi connectivity index (χ1v) is 8.39. The fourth-order valence-corrected chi connectivity index (χ4v) is 2.69. The molecule has 0 saturated carbocycles. The number of para-hydroxylation sites is 1. The lowest BCUT2D eigenvalue weighted by atomic mass is 9.86. The van der Waals surface area contributed by atoms with Gasteiger partial charge in [0.05, 0.1) is 0 Å². The third-order valence-electron chi connectivity index (χ3n) is 4.01. The summed E-state index contributed by atoms with van der Waals surface area (Å²) in [7, 11) is 0. The van der Waals surface area contributed by atoms with Crippen LogP contribution in [0.4, 0.5) is 0 Å². The lowest BCUT2D eigenvalue weighted by Gasteiger charge is -2.27. The van der Waals surface area contributed by atoms with E-state index in [0.717, 1.165) is 44.0 Å². The Bertz CT molecular complexity index is 511. The number of hydrogen-bond donors (Lipinski definition) is 2. The van der Waals surface area contributed by atoms with Gasteiger partial charge in [0.15, 0.2) is 6.61 Å². The van der Waals surface area contributed by atoms with Crippen LogP contribution in [0.5, 0.6) is 5.75 Å². The Labute approximate surface area is 151 Å². The lowest BCUT2D eigenvalue weighted by molar-refractivity contribution is -0.123. The van der Waals surface area contributed by atoms with E-state index in [1.807, 2.05) is 18.2 Å². The van der Waals surface area contributed by atoms with Gasteiger partial charge in [-0.2, -0.15) is 0 Å². The molecular formula is C18H30ClN3O2. The molecule has 1 heterocycles. The number of amides is 1. The van der Waals surface area contributed by atoms with E-state index in [9.17, 15) is 4.79 Å². The summed E-state index contributed by atoms with van der Waals surface area (Å²) < 4.78 is 5.73. The van der Waals surface area contributed by atoms with Crippen molar-refractivity contribution in [3.8, 4) is 5.75 Å². The molecule has 1 aromatic rings. The second kappa shape index (κ2) is 9.87. The van der Waals surface area contributed by atoms with E-state index in [2.05, 4.69) is 42.4 Å². The molecule has 0 unspecified atom stereocenters. The number of hydrogen-bond acceptors (Lipinski definition) is 4. The summed E-state index contributed by atoms with van der Waals surface area (Å²) in [6.07, 6.45) is 0. The molecule has 1 fully saturated rings. The van der Waals surface area contributed by atoms with Crippen LogP contribution in [-0.2, 0) is 10.2 Å². The molecule has 1 saturated heterocycles. The first-order valence-electron chi connectivity index (χ1n) is 8.39. The largest absolute Gasteiger partial charge is 0.483 e. The molecule has 0 spiro atoms. The molecule has 5 nitrogen and oxygen atoms in total. The summed E-state index contributed by atoms with van der Waals surface area (Å²) in [6, 6.07) is 7.92. The van der Waals surface area contributed by atoms with E-state index >= 15 is 0 Å². The molecular weight excluding hydrogens is 326 g/mol. The molecule has 1 amide bonds. The average molecular weight is 356 g/mol. The number of halogens is 1. The first-order chi connectivity index (χ1) is 11.0. The summed E-state index contributed by atoms with van der Waals surface area (Å²) in [4.78, 5) is 14.3. The fraction of sp³-hybridized carbons (Fsp3) is 0.611. The summed E-state index contributed by atoms with van der Waals surface area (Å²) in [6.45, 7) is 12.2. The summed E-state index contributed by atoms with van der Waals surface area (Å²) >= 11 is 0. The van der Waals surface area contributed by atoms with Crippen LogP contribution in [0.1, 0.15) is 26.3 Å². The van der Waals surface area contributed by atoms with Crippen LogP contribution in [0.2, 0.25) is 0 Å². The van der Waals surface area contributed by atoms with Gasteiger partial charge < -0.3 is 15.4 Å². The lowest BCUT2D eigenvalue weighted by Crippen LogP contribution is -2.46. The third kappa shape index (κ3) is 6.67. The van der Waals surface area contributed by atoms with Crippen LogP contribution < -0.4 is 15.4 Å². The number of nitrogens with zero attached hydrogens (tertiary/aromatic N) is 1. The van der Waals surface area contributed by atoms with Gasteiger partial charge in [-0.25, -0.2) is 0 Å². The Morgan fingerprint density at radius 3 is 2.58 bits per heavy atom. The van der Waals surface area contributed by atoms with Crippen molar-refractivity contribution >= 4 is 18.3 Å². The van der Waals surface area contributed by atoms with Crippen LogP contribution in [0.3, 0.4) is 0 Å². The molecule has 0 atom stereocenters. The van der Waals surface area contributed by atoms with Gasteiger partial charge in [0.2, 0.25) is 0 Å². The van der Waals surface area contributed by atoms with Crippen molar-refractivity contribution in [3.63, 3.8) is 0 Å². The molecule has 136 valence electrons. The van der Waals surface area contributed by atoms with Gasteiger partial charge in [0, 0.05) is 39.3 Å². The number of rotatable bonds is 6. The number of carbonyl (C=O) groups excluding carboxylic acids is 1. The van der Waals surface area contributed by atoms with Crippen molar-refractivity contribution in [2.24, 2.45) is 0 Å². The van der Waals surface area contributed by atoms with E-state index in [-0.39, 0.29) is 30.3 Å². The molecule has 2 rings (SSSR count). The Morgan fingerprint density at radius 2 is 1.92 bits per heavy atom. The van der Waals surface area contributed by atoms with E-state index in [1.165, 1.54) is 0 Å². The van der Waals surface area contributed by atoms with Gasteiger partial charge in [-0.15, -0.1) is 12.4 Å². The van der Waals surface area contributed by atoms with Crippen molar-refractivity contribution in [2.75, 3.05) is 45.9 Å². The van der Waals surface area contributed by atoms with Crippen molar-refractivity contribution < 1.29 is 9.53 Å². The second-order valence-electron chi connectivity index (χ2n) is 6.98. The number of ether oxygens (including phenoxy) is 1. The highest BCUT2D eigenvalue weighted by Crippen LogP contribution is 2.30. The number of piperazine rings is 1. The molecule has 6 heteroatoms. The zero-order chi connectivity index (χ0) is 16.7. The maximum absolute atomic E-state index is 12.0. The van der Waals surface area contributed by atoms with E-state index in [1.54, 1.807) is 0 Å². The van der Waals surface area contributed by atoms with Gasteiger partial charge in [0.25, 0.3) is 5.91 Å². The topological polar surface area (TPSA) is 53.6 Å². The zero-order valence-corrected chi connectivity index (χ0v) is 15.7. The zero-order valence-electron chi connectivity index (χ0n) is 14.9. The Kier molecular flexibility index (Phi) is 8.53. The number of benzene rings is 1. The van der Waals surface area contributed by atoms with Crippen molar-refractivity contribution in [3.05, 3.63) is 29.8 Å². The maximum Gasteiger partial charge on any atom is 0.257 e. The highest BCUT2D eigenvalue weighted by molar-refractivity contribution is 5.85. The summed E-state index contributed by atoms with van der Waals surface area (Å²) in [5.41, 5.74) is 1.11.